The summed E-state index contributed by atoms with van der Waals surface area (Å²) in [6.07, 6.45) is 10.7. The predicted molar refractivity (Wildman–Crippen MR) is 274 cm³/mol. The normalized spacial score (nSPS) is 17.8. The Bertz CT molecular complexity index is 2680. The smallest absolute Gasteiger partial charge is 0.223 e. The summed E-state index contributed by atoms with van der Waals surface area (Å²) in [5.41, 5.74) is 13.9. The molecule has 4 atom stereocenters. The summed E-state index contributed by atoms with van der Waals surface area (Å²) in [6.45, 7) is 35.1. The number of aliphatic hydroxyl groups is 2. The molecule has 14 nitrogen and oxygen atoms in total. The number of fused-ring (bicyclic) bond motifs is 2. The minimum Gasteiger partial charge on any atom is -0.392 e. The Labute approximate surface area is 402 Å². The van der Waals surface area contributed by atoms with E-state index < -0.39 is 16.1 Å². The van der Waals surface area contributed by atoms with Crippen LogP contribution in [0.25, 0.3) is 54.0 Å². The number of nitrogens with one attached hydrogen (secondary N) is 1. The van der Waals surface area contributed by atoms with Gasteiger partial charge in [0.2, 0.25) is 11.2 Å². The van der Waals surface area contributed by atoms with E-state index >= 15 is 0 Å². The van der Waals surface area contributed by atoms with E-state index in [-0.39, 0.29) is 42.0 Å². The summed E-state index contributed by atoms with van der Waals surface area (Å²) >= 11 is 6.03. The molecule has 2 saturated carbocycles. The number of aliphatic hydroxyl groups excluding tert-OH is 2. The first-order valence-corrected chi connectivity index (χ1v) is 30.0. The molecular weight excluding hydrogens is 908 g/mol. The van der Waals surface area contributed by atoms with Gasteiger partial charge in [0, 0.05) is 93.1 Å². The molecule has 0 spiro atoms. The Hall–Kier alpha value is -4.73. The largest absolute Gasteiger partial charge is 0.392 e. The van der Waals surface area contributed by atoms with Crippen LogP contribution in [0.15, 0.2) is 61.2 Å². The highest BCUT2D eigenvalue weighted by Gasteiger charge is 2.29. The van der Waals surface area contributed by atoms with Crippen LogP contribution in [-0.2, 0) is 22.9 Å². The lowest BCUT2D eigenvalue weighted by atomic mass is 9.89. The zero-order valence-corrected chi connectivity index (χ0v) is 42.9. The molecule has 18 heteroatoms. The van der Waals surface area contributed by atoms with Crippen LogP contribution in [0.1, 0.15) is 36.8 Å². The van der Waals surface area contributed by atoms with Crippen LogP contribution in [0, 0.1) is 27.0 Å². The molecule has 6 aromatic rings. The second kappa shape index (κ2) is 22.8. The third-order valence-electron chi connectivity index (χ3n) is 11.7. The fraction of sp³-hybridized carbons (Fsp3) is 0.458. The molecule has 2 fully saturated rings. The monoisotopic (exact) mass is 970 g/mol. The number of benzene rings is 2. The van der Waals surface area contributed by atoms with Gasteiger partial charge in [-0.25, -0.2) is 29.6 Å². The second-order valence-corrected chi connectivity index (χ2v) is 31.0. The van der Waals surface area contributed by atoms with E-state index in [4.69, 9.17) is 50.0 Å². The molecule has 5 N–H and O–H groups in total. The molecule has 4 heterocycles. The molecule has 0 saturated heterocycles. The van der Waals surface area contributed by atoms with Crippen molar-refractivity contribution < 1.29 is 19.7 Å². The van der Waals surface area contributed by atoms with Crippen LogP contribution in [0.2, 0.25) is 56.7 Å². The quantitative estimate of drug-likeness (QED) is 0.0357. The maximum absolute atomic E-state index is 9.90. The molecule has 2 aliphatic carbocycles. The molecule has 0 radical (unpaired) electrons. The van der Waals surface area contributed by atoms with Gasteiger partial charge in [-0.15, -0.1) is 12.4 Å². The highest BCUT2D eigenvalue weighted by molar-refractivity contribution is 6.76. The van der Waals surface area contributed by atoms with E-state index in [1.54, 1.807) is 6.20 Å². The van der Waals surface area contributed by atoms with Gasteiger partial charge >= 0.3 is 0 Å². The number of ether oxygens (including phenoxy) is 2. The molecule has 0 unspecified atom stereocenters. The van der Waals surface area contributed by atoms with E-state index in [1.165, 1.54) is 0 Å². The maximum Gasteiger partial charge on any atom is 0.223 e. The van der Waals surface area contributed by atoms with Crippen molar-refractivity contribution in [3.63, 3.8) is 0 Å². The lowest BCUT2D eigenvalue weighted by molar-refractivity contribution is 0.0693. The molecule has 66 heavy (non-hydrogen) atoms. The van der Waals surface area contributed by atoms with Crippen LogP contribution in [0.3, 0.4) is 0 Å². The molecule has 4 aromatic heterocycles. The number of anilines is 1. The number of aryl methyl sites for hydroxylation is 2. The van der Waals surface area contributed by atoms with Crippen LogP contribution in [0.4, 0.5) is 17.3 Å². The fourth-order valence-electron chi connectivity index (χ4n) is 7.18. The van der Waals surface area contributed by atoms with Gasteiger partial charge in [0.05, 0.1) is 42.8 Å². The van der Waals surface area contributed by atoms with Crippen molar-refractivity contribution in [3.8, 4) is 22.5 Å². The van der Waals surface area contributed by atoms with Gasteiger partial charge in [-0.1, -0.05) is 63.5 Å². The van der Waals surface area contributed by atoms with E-state index in [0.29, 0.717) is 30.8 Å². The highest BCUT2D eigenvalue weighted by atomic mass is 35.5. The molecule has 0 bridgehead atoms. The summed E-state index contributed by atoms with van der Waals surface area (Å²) in [4.78, 5) is 24.8. The van der Waals surface area contributed by atoms with Gasteiger partial charge < -0.3 is 39.9 Å². The number of nitrogens with two attached hydrogens (primary N) is 1. The van der Waals surface area contributed by atoms with Crippen molar-refractivity contribution in [1.29, 1.82) is 0 Å². The van der Waals surface area contributed by atoms with E-state index in [2.05, 4.69) is 80.0 Å². The summed E-state index contributed by atoms with van der Waals surface area (Å²) in [5, 5.41) is 24.0. The lowest BCUT2D eigenvalue weighted by Crippen LogP contribution is -2.43. The van der Waals surface area contributed by atoms with Crippen molar-refractivity contribution >= 4 is 79.3 Å². The van der Waals surface area contributed by atoms with Crippen molar-refractivity contribution in [3.05, 3.63) is 100 Å². The second-order valence-electron chi connectivity index (χ2n) is 19.4. The standard InChI is InChI=1S/C24H31N5O2Si.C20H23ClN4OSi.C4H9NO.ClH/c1-16-13-26-24(27-20-8-9-22(20)30)28-23(16)19-14-29(15-31-10-11-32(3,4)5)21-12-17(25-2)6-7-18(19)21;1-14-11-23-20(21)24-19(14)17-12-25(13-26-8-9-27(3,4)5)18-10-15(22-2)6-7-16(17)18;5-3-1-2-4(3)6;/h6-7,12-14,20,22,30H,8-11,15H2,1,3-5H3,(H,26,27,28);6-7,10-12H,8-9,13H2,1,3-5H3;3-4,6H,1-2,5H2;1H/t20-,22+;;3-,4+;/m0.0./s1. The topological polar surface area (TPSA) is 167 Å². The number of halogens is 2. The zero-order valence-electron chi connectivity index (χ0n) is 39.3. The van der Waals surface area contributed by atoms with Crippen LogP contribution in [-0.4, -0.2) is 92.9 Å². The molecule has 0 aliphatic heterocycles. The average Bonchev–Trinajstić information content (AvgIpc) is 3.82. The van der Waals surface area contributed by atoms with Crippen molar-refractivity contribution in [2.45, 2.75) is 129 Å². The summed E-state index contributed by atoms with van der Waals surface area (Å²) in [5.74, 6) is 0.527. The lowest BCUT2D eigenvalue weighted by Gasteiger charge is -2.32. The predicted octanol–water partition coefficient (Wildman–Crippen LogP) is 11.0. The number of hydrogen-bond acceptors (Lipinski definition) is 10. The molecular formula is C48H64Cl2N10O4Si2. The first-order chi connectivity index (χ1) is 30.8. The molecule has 0 amide bonds. The maximum atomic E-state index is 9.90. The van der Waals surface area contributed by atoms with E-state index in [1.807, 2.05) is 67.2 Å². The number of nitrogens with zero attached hydrogens (tertiary/aromatic N) is 8. The minimum absolute atomic E-state index is 0. The minimum atomic E-state index is -1.16. The Morgan fingerprint density at radius 1 is 0.742 bits per heavy atom. The van der Waals surface area contributed by atoms with Crippen molar-refractivity contribution in [1.82, 2.24) is 29.1 Å². The third-order valence-corrected chi connectivity index (χ3v) is 15.3. The summed E-state index contributed by atoms with van der Waals surface area (Å²) < 4.78 is 16.1. The molecule has 2 aromatic carbocycles. The third kappa shape index (κ3) is 13.7. The SMILES string of the molecule is Cl.N[C@H]1CC[C@H]1O.[C-]#[N+]c1ccc2c(-c3nc(Cl)ncc3C)cn(COCC[Si](C)(C)C)c2c1.[C-]#[N+]c1ccc2c(-c3nc(N[C@H]4CC[C@H]4O)ncc3C)cn(COCC[Si](C)(C)C)c2c1. The first-order valence-electron chi connectivity index (χ1n) is 22.2. The summed E-state index contributed by atoms with van der Waals surface area (Å²) in [7, 11) is -2.29. The van der Waals surface area contributed by atoms with Gasteiger partial charge in [0.25, 0.3) is 0 Å². The highest BCUT2D eigenvalue weighted by Crippen LogP contribution is 2.36. The van der Waals surface area contributed by atoms with E-state index in [9.17, 15) is 5.11 Å². The van der Waals surface area contributed by atoms with Crippen molar-refractivity contribution in [2.75, 3.05) is 18.5 Å². The van der Waals surface area contributed by atoms with E-state index in [0.717, 1.165) is 106 Å². The Morgan fingerprint density at radius 2 is 1.21 bits per heavy atom. The molecule has 8 rings (SSSR count). The Balaban J connectivity index is 0.000000219. The van der Waals surface area contributed by atoms with Crippen LogP contribution in [0.5, 0.6) is 0 Å². The van der Waals surface area contributed by atoms with Gasteiger partial charge in [-0.05, 0) is 86.5 Å². The van der Waals surface area contributed by atoms with Gasteiger partial charge in [-0.3, -0.25) is 0 Å². The Morgan fingerprint density at radius 3 is 1.61 bits per heavy atom. The van der Waals surface area contributed by atoms with Crippen LogP contribution >= 0.6 is 24.0 Å². The van der Waals surface area contributed by atoms with Gasteiger partial charge in [-0.2, -0.15) is 0 Å². The summed E-state index contributed by atoms with van der Waals surface area (Å²) in [6, 6.07) is 13.8. The van der Waals surface area contributed by atoms with Gasteiger partial charge in [0.15, 0.2) is 11.4 Å². The fourth-order valence-corrected chi connectivity index (χ4v) is 8.82. The average molecular weight is 972 g/mol. The van der Waals surface area contributed by atoms with Crippen LogP contribution < -0.4 is 11.1 Å². The number of hydrogen-bond donors (Lipinski definition) is 4. The first kappa shape index (κ1) is 52.2. The zero-order chi connectivity index (χ0) is 47.1. The number of aromatic nitrogens is 6. The number of rotatable bonds is 14. The van der Waals surface area contributed by atoms with Crippen molar-refractivity contribution in [2.24, 2.45) is 5.73 Å². The Kier molecular flexibility index (Phi) is 18.1. The molecule has 352 valence electrons. The molecule has 2 aliphatic rings. The van der Waals surface area contributed by atoms with Gasteiger partial charge in [0.1, 0.15) is 13.5 Å².